The summed E-state index contributed by atoms with van der Waals surface area (Å²) in [6.45, 7) is 3.72. The SMILES string of the molecule is CCC(O)(CC)CNC(=O)CS(C)(=O)=O. The number of aliphatic hydroxyl groups is 1. The maximum atomic E-state index is 11.1. The molecule has 0 aliphatic heterocycles. The van der Waals surface area contributed by atoms with Gasteiger partial charge < -0.3 is 10.4 Å². The zero-order valence-electron chi connectivity index (χ0n) is 9.41. The molecule has 0 aliphatic carbocycles. The fourth-order valence-corrected chi connectivity index (χ4v) is 1.63. The number of carbonyl (C=O) groups excluding carboxylic acids is 1. The number of hydrogen-bond donors (Lipinski definition) is 2. The van der Waals surface area contributed by atoms with Gasteiger partial charge in [-0.3, -0.25) is 4.79 Å². The zero-order valence-corrected chi connectivity index (χ0v) is 10.2. The van der Waals surface area contributed by atoms with E-state index in [4.69, 9.17) is 0 Å². The molecule has 6 heteroatoms. The molecular weight excluding hydrogens is 218 g/mol. The van der Waals surface area contributed by atoms with Crippen LogP contribution in [0.3, 0.4) is 0 Å². The summed E-state index contributed by atoms with van der Waals surface area (Å²) < 4.78 is 21.6. The van der Waals surface area contributed by atoms with Crippen LogP contribution in [0, 0.1) is 0 Å². The number of nitrogens with one attached hydrogen (secondary N) is 1. The molecule has 5 nitrogen and oxygen atoms in total. The largest absolute Gasteiger partial charge is 0.388 e. The molecule has 0 aromatic rings. The molecule has 90 valence electrons. The monoisotopic (exact) mass is 237 g/mol. The number of rotatable bonds is 6. The minimum absolute atomic E-state index is 0.0916. The maximum absolute atomic E-state index is 11.1. The van der Waals surface area contributed by atoms with Crippen molar-refractivity contribution in [3.63, 3.8) is 0 Å². The van der Waals surface area contributed by atoms with E-state index in [1.54, 1.807) is 0 Å². The molecule has 0 unspecified atom stereocenters. The summed E-state index contributed by atoms with van der Waals surface area (Å²) in [5.74, 6) is -1.10. The third-order valence-electron chi connectivity index (χ3n) is 2.32. The quantitative estimate of drug-likeness (QED) is 0.664. The lowest BCUT2D eigenvalue weighted by molar-refractivity contribution is -0.120. The van der Waals surface area contributed by atoms with Gasteiger partial charge in [0.25, 0.3) is 0 Å². The summed E-state index contributed by atoms with van der Waals surface area (Å²) in [6, 6.07) is 0. The van der Waals surface area contributed by atoms with Gasteiger partial charge in [0.15, 0.2) is 9.84 Å². The second-order valence-electron chi connectivity index (χ2n) is 3.78. The molecule has 2 N–H and O–H groups in total. The molecule has 0 fully saturated rings. The molecule has 0 saturated carbocycles. The molecule has 0 radical (unpaired) electrons. The Morgan fingerprint density at radius 2 is 1.80 bits per heavy atom. The number of sulfone groups is 1. The van der Waals surface area contributed by atoms with Gasteiger partial charge in [0.1, 0.15) is 5.75 Å². The number of hydrogen-bond acceptors (Lipinski definition) is 4. The van der Waals surface area contributed by atoms with E-state index in [2.05, 4.69) is 5.32 Å². The van der Waals surface area contributed by atoms with Crippen molar-refractivity contribution in [2.75, 3.05) is 18.6 Å². The fourth-order valence-electron chi connectivity index (χ4n) is 1.05. The fraction of sp³-hybridized carbons (Fsp3) is 0.889. The van der Waals surface area contributed by atoms with Crippen LogP contribution < -0.4 is 5.32 Å². The molecule has 0 rings (SSSR count). The predicted octanol–water partition coefficient (Wildman–Crippen LogP) is -0.302. The summed E-state index contributed by atoms with van der Waals surface area (Å²) in [5, 5.41) is 12.2. The van der Waals surface area contributed by atoms with E-state index >= 15 is 0 Å². The van der Waals surface area contributed by atoms with Crippen molar-refractivity contribution in [3.8, 4) is 0 Å². The smallest absolute Gasteiger partial charge is 0.235 e. The minimum Gasteiger partial charge on any atom is -0.388 e. The topological polar surface area (TPSA) is 83.5 Å². The summed E-state index contributed by atoms with van der Waals surface area (Å²) in [5.41, 5.74) is -0.937. The Kier molecular flexibility index (Phi) is 5.23. The lowest BCUT2D eigenvalue weighted by Crippen LogP contribution is -2.43. The third-order valence-corrected chi connectivity index (χ3v) is 3.11. The molecule has 0 saturated heterocycles. The molecular formula is C9H19NO4S. The van der Waals surface area contributed by atoms with Crippen LogP contribution in [0.1, 0.15) is 26.7 Å². The summed E-state index contributed by atoms with van der Waals surface area (Å²) >= 11 is 0. The summed E-state index contributed by atoms with van der Waals surface area (Å²) in [6.07, 6.45) is 2.03. The van der Waals surface area contributed by atoms with E-state index < -0.39 is 27.1 Å². The molecule has 15 heavy (non-hydrogen) atoms. The Bertz CT molecular complexity index is 306. The molecule has 0 aromatic carbocycles. The van der Waals surface area contributed by atoms with E-state index in [-0.39, 0.29) is 6.54 Å². The van der Waals surface area contributed by atoms with Gasteiger partial charge in [-0.15, -0.1) is 0 Å². The van der Waals surface area contributed by atoms with E-state index in [0.717, 1.165) is 6.26 Å². The van der Waals surface area contributed by atoms with Crippen LogP contribution in [0.25, 0.3) is 0 Å². The van der Waals surface area contributed by atoms with Crippen molar-refractivity contribution in [2.45, 2.75) is 32.3 Å². The zero-order chi connectivity index (χ0) is 12.1. The highest BCUT2D eigenvalue weighted by Gasteiger charge is 2.23. The van der Waals surface area contributed by atoms with Crippen LogP contribution in [0.5, 0.6) is 0 Å². The average molecular weight is 237 g/mol. The van der Waals surface area contributed by atoms with Crippen molar-refractivity contribution in [1.82, 2.24) is 5.32 Å². The van der Waals surface area contributed by atoms with Gasteiger partial charge in [-0.25, -0.2) is 8.42 Å². The van der Waals surface area contributed by atoms with Gasteiger partial charge in [0.2, 0.25) is 5.91 Å². The Labute approximate surface area is 90.8 Å². The molecule has 1 amide bonds. The molecule has 0 heterocycles. The van der Waals surface area contributed by atoms with Gasteiger partial charge >= 0.3 is 0 Å². The third kappa shape index (κ3) is 6.46. The highest BCUT2D eigenvalue weighted by Crippen LogP contribution is 2.12. The minimum atomic E-state index is -3.30. The molecule has 0 aliphatic rings. The second kappa shape index (κ2) is 5.46. The van der Waals surface area contributed by atoms with Gasteiger partial charge in [-0.1, -0.05) is 13.8 Å². The normalized spacial score (nSPS) is 12.5. The molecule has 0 atom stereocenters. The van der Waals surface area contributed by atoms with Crippen molar-refractivity contribution in [1.29, 1.82) is 0 Å². The van der Waals surface area contributed by atoms with Crippen LogP contribution in [0.4, 0.5) is 0 Å². The van der Waals surface area contributed by atoms with Crippen LogP contribution in [0.2, 0.25) is 0 Å². The molecule has 0 aromatic heterocycles. The van der Waals surface area contributed by atoms with Crippen LogP contribution in [-0.4, -0.2) is 43.6 Å². The van der Waals surface area contributed by atoms with Gasteiger partial charge in [0, 0.05) is 12.8 Å². The first kappa shape index (κ1) is 14.4. The van der Waals surface area contributed by atoms with E-state index in [9.17, 15) is 18.3 Å². The molecule has 0 bridgehead atoms. The highest BCUT2D eigenvalue weighted by molar-refractivity contribution is 7.91. The Hall–Kier alpha value is -0.620. The second-order valence-corrected chi connectivity index (χ2v) is 5.92. The first-order valence-electron chi connectivity index (χ1n) is 4.89. The lowest BCUT2D eigenvalue weighted by atomic mass is 9.98. The first-order chi connectivity index (χ1) is 6.72. The predicted molar refractivity (Wildman–Crippen MR) is 58.3 cm³/mol. The van der Waals surface area contributed by atoms with E-state index in [0.29, 0.717) is 12.8 Å². The van der Waals surface area contributed by atoms with Crippen LogP contribution in [-0.2, 0) is 14.6 Å². The van der Waals surface area contributed by atoms with E-state index in [1.165, 1.54) is 0 Å². The number of amides is 1. The van der Waals surface area contributed by atoms with Gasteiger partial charge in [-0.2, -0.15) is 0 Å². The Morgan fingerprint density at radius 1 is 1.33 bits per heavy atom. The van der Waals surface area contributed by atoms with Crippen molar-refractivity contribution in [3.05, 3.63) is 0 Å². The maximum Gasteiger partial charge on any atom is 0.235 e. The van der Waals surface area contributed by atoms with Crippen molar-refractivity contribution < 1.29 is 18.3 Å². The lowest BCUT2D eigenvalue weighted by Gasteiger charge is -2.25. The van der Waals surface area contributed by atoms with Crippen molar-refractivity contribution in [2.24, 2.45) is 0 Å². The summed E-state index contributed by atoms with van der Waals surface area (Å²) in [4.78, 5) is 11.1. The van der Waals surface area contributed by atoms with Crippen LogP contribution >= 0.6 is 0 Å². The summed E-state index contributed by atoms with van der Waals surface area (Å²) in [7, 11) is -3.30. The number of carbonyl (C=O) groups is 1. The van der Waals surface area contributed by atoms with E-state index in [1.807, 2.05) is 13.8 Å². The highest BCUT2D eigenvalue weighted by atomic mass is 32.2. The standard InChI is InChI=1S/C9H19NO4S/c1-4-9(12,5-2)7-10-8(11)6-15(3,13)14/h12H,4-7H2,1-3H3,(H,10,11). The molecule has 0 spiro atoms. The Balaban J connectivity index is 4.11. The van der Waals surface area contributed by atoms with Crippen molar-refractivity contribution >= 4 is 15.7 Å². The Morgan fingerprint density at radius 3 is 2.13 bits per heavy atom. The van der Waals surface area contributed by atoms with Gasteiger partial charge in [-0.05, 0) is 12.8 Å². The van der Waals surface area contributed by atoms with Gasteiger partial charge in [0.05, 0.1) is 5.60 Å². The average Bonchev–Trinajstić information content (AvgIpc) is 2.12. The van der Waals surface area contributed by atoms with Crippen LogP contribution in [0.15, 0.2) is 0 Å². The first-order valence-corrected chi connectivity index (χ1v) is 6.95.